The summed E-state index contributed by atoms with van der Waals surface area (Å²) in [5.41, 5.74) is 0.847. The fraction of sp³-hybridized carbons (Fsp3) is 0.600. The summed E-state index contributed by atoms with van der Waals surface area (Å²) in [7, 11) is 0. The minimum absolute atomic E-state index is 0.0231. The first kappa shape index (κ1) is 15.6. The van der Waals surface area contributed by atoms with Crippen molar-refractivity contribution in [1.29, 1.82) is 0 Å². The maximum Gasteiger partial charge on any atom is 0.311 e. The first-order valence-corrected chi connectivity index (χ1v) is 7.35. The van der Waals surface area contributed by atoms with E-state index in [1.165, 1.54) is 12.5 Å². The van der Waals surface area contributed by atoms with Crippen molar-refractivity contribution in [2.75, 3.05) is 18.1 Å². The number of nitrogens with zero attached hydrogens (tertiary/aromatic N) is 2. The van der Waals surface area contributed by atoms with Crippen molar-refractivity contribution in [3.63, 3.8) is 0 Å². The molecule has 0 atom stereocenters. The molecule has 1 aliphatic carbocycles. The molecule has 2 rings (SSSR count). The van der Waals surface area contributed by atoms with Gasteiger partial charge in [-0.3, -0.25) is 10.1 Å². The molecular weight excluding hydrogens is 272 g/mol. The normalized spacial score (nSPS) is 14.9. The number of nitro groups is 1. The van der Waals surface area contributed by atoms with Gasteiger partial charge in [0.05, 0.1) is 17.6 Å². The molecule has 1 aromatic rings. The number of rotatable bonds is 7. The third-order valence-electron chi connectivity index (χ3n) is 3.69. The third-order valence-corrected chi connectivity index (χ3v) is 3.69. The summed E-state index contributed by atoms with van der Waals surface area (Å²) in [6, 6.07) is 5.34. The van der Waals surface area contributed by atoms with Crippen molar-refractivity contribution in [2.24, 2.45) is 0 Å². The van der Waals surface area contributed by atoms with Gasteiger partial charge >= 0.3 is 5.69 Å². The van der Waals surface area contributed by atoms with Crippen LogP contribution in [-0.2, 0) is 0 Å². The molecule has 1 aliphatic rings. The van der Waals surface area contributed by atoms with E-state index in [9.17, 15) is 15.2 Å². The third kappa shape index (κ3) is 3.64. The Balaban J connectivity index is 2.31. The van der Waals surface area contributed by atoms with Crippen molar-refractivity contribution in [1.82, 2.24) is 0 Å². The maximum absolute atomic E-state index is 11.1. The highest BCUT2D eigenvalue weighted by Crippen LogP contribution is 2.35. The van der Waals surface area contributed by atoms with Crippen LogP contribution >= 0.6 is 0 Å². The molecule has 1 N–H and O–H groups in total. The van der Waals surface area contributed by atoms with Crippen molar-refractivity contribution < 1.29 is 14.8 Å². The van der Waals surface area contributed by atoms with Gasteiger partial charge in [-0.1, -0.05) is 0 Å². The van der Waals surface area contributed by atoms with Crippen LogP contribution in [0, 0.1) is 10.1 Å². The van der Waals surface area contributed by atoms with E-state index in [2.05, 4.69) is 4.90 Å². The van der Waals surface area contributed by atoms with Crippen molar-refractivity contribution >= 4 is 11.4 Å². The van der Waals surface area contributed by atoms with Crippen LogP contribution in [0.5, 0.6) is 5.75 Å². The summed E-state index contributed by atoms with van der Waals surface area (Å²) in [5.74, 6) is 0.287. The number of hydrogen-bond donors (Lipinski definition) is 1. The first-order chi connectivity index (χ1) is 10.0. The molecule has 0 aromatic heterocycles. The summed E-state index contributed by atoms with van der Waals surface area (Å²) >= 11 is 0. The number of ether oxygens (including phenoxy) is 1. The molecule has 0 unspecified atom stereocenters. The van der Waals surface area contributed by atoms with Crippen LogP contribution < -0.4 is 9.64 Å². The van der Waals surface area contributed by atoms with Crippen LogP contribution in [0.2, 0.25) is 0 Å². The average molecular weight is 294 g/mol. The van der Waals surface area contributed by atoms with Gasteiger partial charge in [-0.2, -0.15) is 0 Å². The fourth-order valence-electron chi connectivity index (χ4n) is 2.51. The van der Waals surface area contributed by atoms with Crippen LogP contribution in [0.15, 0.2) is 18.2 Å². The molecule has 116 valence electrons. The molecule has 6 heteroatoms. The molecule has 0 bridgehead atoms. The second-order valence-electron chi connectivity index (χ2n) is 5.58. The summed E-state index contributed by atoms with van der Waals surface area (Å²) in [4.78, 5) is 12.8. The molecule has 0 heterocycles. The lowest BCUT2D eigenvalue weighted by Crippen LogP contribution is -2.41. The molecular formula is C15H22N2O4. The molecule has 0 amide bonds. The van der Waals surface area contributed by atoms with Gasteiger partial charge in [0.2, 0.25) is 0 Å². The largest absolute Gasteiger partial charge is 0.484 e. The lowest BCUT2D eigenvalue weighted by Gasteiger charge is -2.39. The smallest absolute Gasteiger partial charge is 0.311 e. The van der Waals surface area contributed by atoms with Gasteiger partial charge < -0.3 is 14.7 Å². The standard InChI is InChI=1S/C15H22N2O4/c1-11(2)21-15-10-13(6-7-14(15)17(19)20)16(8-9-18)12-4-3-5-12/h6-7,10-12,18H,3-5,8-9H2,1-2H3. The predicted octanol–water partition coefficient (Wildman–Crippen LogP) is 2.73. The first-order valence-electron chi connectivity index (χ1n) is 7.35. The van der Waals surface area contributed by atoms with E-state index in [1.54, 1.807) is 12.1 Å². The van der Waals surface area contributed by atoms with Gasteiger partial charge in [-0.15, -0.1) is 0 Å². The average Bonchev–Trinajstić information content (AvgIpc) is 2.35. The van der Waals surface area contributed by atoms with Crippen molar-refractivity contribution in [2.45, 2.75) is 45.3 Å². The van der Waals surface area contributed by atoms with Crippen LogP contribution in [0.25, 0.3) is 0 Å². The Labute approximate surface area is 124 Å². The van der Waals surface area contributed by atoms with Crippen molar-refractivity contribution in [3.05, 3.63) is 28.3 Å². The molecule has 0 spiro atoms. The predicted molar refractivity (Wildman–Crippen MR) is 80.9 cm³/mol. The second-order valence-corrected chi connectivity index (χ2v) is 5.58. The number of aliphatic hydroxyl groups is 1. The minimum Gasteiger partial charge on any atom is -0.484 e. The molecule has 0 aliphatic heterocycles. The van der Waals surface area contributed by atoms with E-state index in [0.717, 1.165) is 18.5 Å². The van der Waals surface area contributed by atoms with E-state index in [-0.39, 0.29) is 24.1 Å². The van der Waals surface area contributed by atoms with E-state index in [4.69, 9.17) is 4.74 Å². The molecule has 1 fully saturated rings. The summed E-state index contributed by atoms with van der Waals surface area (Å²) < 4.78 is 5.58. The number of hydrogen-bond acceptors (Lipinski definition) is 5. The second kappa shape index (κ2) is 6.76. The Kier molecular flexibility index (Phi) is 5.01. The summed E-state index contributed by atoms with van der Waals surface area (Å²) in [5, 5.41) is 20.3. The number of nitro benzene ring substituents is 1. The lowest BCUT2D eigenvalue weighted by molar-refractivity contribution is -0.386. The summed E-state index contributed by atoms with van der Waals surface area (Å²) in [6.07, 6.45) is 3.25. The number of benzene rings is 1. The number of anilines is 1. The zero-order chi connectivity index (χ0) is 15.4. The molecule has 1 aromatic carbocycles. The van der Waals surface area contributed by atoms with Gasteiger partial charge in [0.25, 0.3) is 0 Å². The highest BCUT2D eigenvalue weighted by Gasteiger charge is 2.26. The van der Waals surface area contributed by atoms with Gasteiger partial charge in [-0.25, -0.2) is 0 Å². The maximum atomic E-state index is 11.1. The van der Waals surface area contributed by atoms with Crippen LogP contribution in [-0.4, -0.2) is 35.3 Å². The van der Waals surface area contributed by atoms with Crippen molar-refractivity contribution in [3.8, 4) is 5.75 Å². The fourth-order valence-corrected chi connectivity index (χ4v) is 2.51. The Morgan fingerprint density at radius 3 is 2.67 bits per heavy atom. The zero-order valence-electron chi connectivity index (χ0n) is 12.5. The molecule has 1 saturated carbocycles. The highest BCUT2D eigenvalue weighted by molar-refractivity contribution is 5.60. The van der Waals surface area contributed by atoms with E-state index in [0.29, 0.717) is 12.6 Å². The monoisotopic (exact) mass is 294 g/mol. The Bertz CT molecular complexity index is 500. The van der Waals surface area contributed by atoms with E-state index in [1.807, 2.05) is 13.8 Å². The topological polar surface area (TPSA) is 75.8 Å². The Morgan fingerprint density at radius 1 is 1.48 bits per heavy atom. The lowest BCUT2D eigenvalue weighted by atomic mass is 9.91. The van der Waals surface area contributed by atoms with E-state index < -0.39 is 4.92 Å². The molecule has 0 radical (unpaired) electrons. The SMILES string of the molecule is CC(C)Oc1cc(N(CCO)C2CCC2)ccc1[N+](=O)[O-]. The molecule has 0 saturated heterocycles. The van der Waals surface area contributed by atoms with Crippen LogP contribution in [0.3, 0.4) is 0 Å². The zero-order valence-corrected chi connectivity index (χ0v) is 12.5. The minimum atomic E-state index is -0.429. The Hall–Kier alpha value is -1.82. The molecule has 21 heavy (non-hydrogen) atoms. The number of aliphatic hydroxyl groups excluding tert-OH is 1. The van der Waals surface area contributed by atoms with Gasteiger partial charge in [0.15, 0.2) is 5.75 Å². The summed E-state index contributed by atoms with van der Waals surface area (Å²) in [6.45, 7) is 4.28. The van der Waals surface area contributed by atoms with Gasteiger partial charge in [-0.05, 0) is 39.2 Å². The van der Waals surface area contributed by atoms with E-state index >= 15 is 0 Å². The van der Waals surface area contributed by atoms with Crippen LogP contribution in [0.1, 0.15) is 33.1 Å². The molecule has 6 nitrogen and oxygen atoms in total. The van der Waals surface area contributed by atoms with Gasteiger partial charge in [0.1, 0.15) is 0 Å². The quantitative estimate of drug-likeness (QED) is 0.618. The van der Waals surface area contributed by atoms with Crippen LogP contribution in [0.4, 0.5) is 11.4 Å². The Morgan fingerprint density at radius 2 is 2.19 bits per heavy atom. The highest BCUT2D eigenvalue weighted by atomic mass is 16.6. The van der Waals surface area contributed by atoms with Gasteiger partial charge in [0, 0.05) is 30.4 Å².